The lowest BCUT2D eigenvalue weighted by atomic mass is 10.0. The Labute approximate surface area is 206 Å². The number of morpholine rings is 1. The van der Waals surface area contributed by atoms with Crippen molar-refractivity contribution in [2.45, 2.75) is 31.7 Å². The fraction of sp³-hybridized carbons (Fsp3) is 0.385. The standard InChI is InChI=1S/C26H31N5O3S/c1-20(2)14-21-15-24-25(22-17-28-30(18-22)9-8-29-10-12-34-13-11-29)19-31(26(24)27-16-21)35(32,33)23-6-4-3-5-7-23/h3-7,15-20H,8-14H2,1-2H3. The van der Waals surface area contributed by atoms with Gasteiger partial charge in [-0.15, -0.1) is 0 Å². The summed E-state index contributed by atoms with van der Waals surface area (Å²) in [5.41, 5.74) is 3.21. The van der Waals surface area contributed by atoms with Crippen LogP contribution in [-0.2, 0) is 27.7 Å². The number of fused-ring (bicyclic) bond motifs is 1. The molecule has 0 N–H and O–H groups in total. The van der Waals surface area contributed by atoms with Gasteiger partial charge in [0.25, 0.3) is 10.0 Å². The zero-order valence-electron chi connectivity index (χ0n) is 20.2. The maximum absolute atomic E-state index is 13.5. The molecule has 0 radical (unpaired) electrons. The first-order valence-corrected chi connectivity index (χ1v) is 13.5. The Hall–Kier alpha value is -3.01. The lowest BCUT2D eigenvalue weighted by molar-refractivity contribution is 0.0360. The molecule has 4 heterocycles. The van der Waals surface area contributed by atoms with Crippen LogP contribution in [0.4, 0.5) is 0 Å². The maximum Gasteiger partial charge on any atom is 0.269 e. The van der Waals surface area contributed by atoms with Crippen LogP contribution in [0.1, 0.15) is 19.4 Å². The molecule has 8 nitrogen and oxygen atoms in total. The summed E-state index contributed by atoms with van der Waals surface area (Å²) in [7, 11) is -3.80. The highest BCUT2D eigenvalue weighted by molar-refractivity contribution is 7.90. The first-order valence-electron chi connectivity index (χ1n) is 12.1. The molecule has 5 rings (SSSR count). The number of aromatic nitrogens is 4. The highest BCUT2D eigenvalue weighted by Gasteiger charge is 2.23. The van der Waals surface area contributed by atoms with Crippen molar-refractivity contribution in [2.24, 2.45) is 5.92 Å². The van der Waals surface area contributed by atoms with Crippen molar-refractivity contribution in [1.82, 2.24) is 23.6 Å². The molecule has 1 aromatic carbocycles. The van der Waals surface area contributed by atoms with Gasteiger partial charge in [0.15, 0.2) is 5.65 Å². The number of pyridine rings is 1. The number of benzene rings is 1. The molecule has 0 amide bonds. The van der Waals surface area contributed by atoms with Crippen molar-refractivity contribution in [2.75, 3.05) is 32.8 Å². The third-order valence-corrected chi connectivity index (χ3v) is 7.97. The predicted octanol–water partition coefficient (Wildman–Crippen LogP) is 3.67. The molecule has 9 heteroatoms. The topological polar surface area (TPSA) is 82.2 Å². The number of hydrogen-bond acceptors (Lipinski definition) is 6. The van der Waals surface area contributed by atoms with Crippen molar-refractivity contribution in [3.8, 4) is 11.1 Å². The van der Waals surface area contributed by atoms with Gasteiger partial charge in [0.05, 0.1) is 30.9 Å². The van der Waals surface area contributed by atoms with E-state index in [2.05, 4.69) is 34.9 Å². The molecule has 35 heavy (non-hydrogen) atoms. The van der Waals surface area contributed by atoms with Crippen LogP contribution in [0.15, 0.2) is 66.1 Å². The largest absolute Gasteiger partial charge is 0.379 e. The van der Waals surface area contributed by atoms with E-state index >= 15 is 0 Å². The molecule has 4 aromatic rings. The molecule has 0 aliphatic carbocycles. The van der Waals surface area contributed by atoms with Gasteiger partial charge in [-0.25, -0.2) is 17.4 Å². The van der Waals surface area contributed by atoms with Gasteiger partial charge in [-0.3, -0.25) is 9.58 Å². The van der Waals surface area contributed by atoms with Gasteiger partial charge in [0.1, 0.15) is 0 Å². The van der Waals surface area contributed by atoms with Gasteiger partial charge >= 0.3 is 0 Å². The number of rotatable bonds is 8. The van der Waals surface area contributed by atoms with Crippen molar-refractivity contribution >= 4 is 21.1 Å². The van der Waals surface area contributed by atoms with Gasteiger partial charge in [-0.1, -0.05) is 32.0 Å². The van der Waals surface area contributed by atoms with E-state index in [1.807, 2.05) is 17.1 Å². The van der Waals surface area contributed by atoms with Crippen LogP contribution in [0.3, 0.4) is 0 Å². The molecule has 184 valence electrons. The Bertz CT molecular complexity index is 1400. The van der Waals surface area contributed by atoms with Crippen molar-refractivity contribution < 1.29 is 13.2 Å². The molecule has 1 aliphatic rings. The van der Waals surface area contributed by atoms with Crippen molar-refractivity contribution in [3.63, 3.8) is 0 Å². The fourth-order valence-electron chi connectivity index (χ4n) is 4.52. The fourth-order valence-corrected chi connectivity index (χ4v) is 5.86. The van der Waals surface area contributed by atoms with Crippen molar-refractivity contribution in [1.29, 1.82) is 0 Å². The van der Waals surface area contributed by atoms with Crippen LogP contribution in [0.25, 0.3) is 22.2 Å². The monoisotopic (exact) mass is 493 g/mol. The lowest BCUT2D eigenvalue weighted by Gasteiger charge is -2.26. The van der Waals surface area contributed by atoms with E-state index in [1.54, 1.807) is 42.7 Å². The van der Waals surface area contributed by atoms with Crippen LogP contribution >= 0.6 is 0 Å². The van der Waals surface area contributed by atoms with Crippen LogP contribution < -0.4 is 0 Å². The molecule has 1 saturated heterocycles. The summed E-state index contributed by atoms with van der Waals surface area (Å²) in [4.78, 5) is 7.21. The van der Waals surface area contributed by atoms with E-state index in [1.165, 1.54) is 3.97 Å². The van der Waals surface area contributed by atoms with Gasteiger partial charge in [0.2, 0.25) is 0 Å². The summed E-state index contributed by atoms with van der Waals surface area (Å²) >= 11 is 0. The Morgan fingerprint density at radius 3 is 2.54 bits per heavy atom. The number of ether oxygens (including phenoxy) is 1. The van der Waals surface area contributed by atoms with E-state index in [-0.39, 0.29) is 4.90 Å². The molecular weight excluding hydrogens is 462 g/mol. The molecule has 0 atom stereocenters. The Balaban J connectivity index is 1.53. The third kappa shape index (κ3) is 5.03. The second kappa shape index (κ2) is 9.93. The average molecular weight is 494 g/mol. The normalized spacial score (nSPS) is 15.3. The molecule has 0 unspecified atom stereocenters. The van der Waals surface area contributed by atoms with Gasteiger partial charge in [-0.05, 0) is 36.1 Å². The van der Waals surface area contributed by atoms with E-state index < -0.39 is 10.0 Å². The summed E-state index contributed by atoms with van der Waals surface area (Å²) in [6.07, 6.45) is 8.14. The highest BCUT2D eigenvalue weighted by Crippen LogP contribution is 2.33. The third-order valence-electron chi connectivity index (χ3n) is 6.31. The van der Waals surface area contributed by atoms with E-state index in [9.17, 15) is 8.42 Å². The summed E-state index contributed by atoms with van der Waals surface area (Å²) in [6.45, 7) is 9.39. The molecule has 0 saturated carbocycles. The van der Waals surface area contributed by atoms with E-state index in [4.69, 9.17) is 4.74 Å². The van der Waals surface area contributed by atoms with Gasteiger partial charge in [0, 0.05) is 54.7 Å². The summed E-state index contributed by atoms with van der Waals surface area (Å²) in [5.74, 6) is 0.468. The van der Waals surface area contributed by atoms with Gasteiger partial charge < -0.3 is 4.74 Å². The molecule has 0 spiro atoms. The maximum atomic E-state index is 13.5. The molecular formula is C26H31N5O3S. The zero-order valence-corrected chi connectivity index (χ0v) is 21.0. The van der Waals surface area contributed by atoms with E-state index in [0.29, 0.717) is 11.6 Å². The lowest BCUT2D eigenvalue weighted by Crippen LogP contribution is -2.38. The highest BCUT2D eigenvalue weighted by atomic mass is 32.2. The van der Waals surface area contributed by atoms with Crippen LogP contribution in [0.5, 0.6) is 0 Å². The van der Waals surface area contributed by atoms with Crippen LogP contribution in [-0.4, -0.2) is 64.9 Å². The smallest absolute Gasteiger partial charge is 0.269 e. The Morgan fingerprint density at radius 2 is 1.80 bits per heavy atom. The first kappa shape index (κ1) is 23.7. The van der Waals surface area contributed by atoms with E-state index in [0.717, 1.165) is 67.9 Å². The molecule has 3 aromatic heterocycles. The van der Waals surface area contributed by atoms with Crippen LogP contribution in [0.2, 0.25) is 0 Å². The average Bonchev–Trinajstić information content (AvgIpc) is 3.48. The minimum absolute atomic E-state index is 0.234. The quantitative estimate of drug-likeness (QED) is 0.373. The van der Waals surface area contributed by atoms with Gasteiger partial charge in [-0.2, -0.15) is 5.10 Å². The van der Waals surface area contributed by atoms with Crippen LogP contribution in [0, 0.1) is 5.92 Å². The minimum Gasteiger partial charge on any atom is -0.379 e. The Morgan fingerprint density at radius 1 is 1.03 bits per heavy atom. The van der Waals surface area contributed by atoms with Crippen molar-refractivity contribution in [3.05, 3.63) is 66.7 Å². The molecule has 0 bridgehead atoms. The Kier molecular flexibility index (Phi) is 6.73. The number of nitrogens with zero attached hydrogens (tertiary/aromatic N) is 5. The predicted molar refractivity (Wildman–Crippen MR) is 136 cm³/mol. The summed E-state index contributed by atoms with van der Waals surface area (Å²) in [5, 5.41) is 5.38. The summed E-state index contributed by atoms with van der Waals surface area (Å²) in [6, 6.07) is 10.5. The summed E-state index contributed by atoms with van der Waals surface area (Å²) < 4.78 is 35.7. The minimum atomic E-state index is -3.80. The molecule has 1 fully saturated rings. The second-order valence-electron chi connectivity index (χ2n) is 9.42. The SMILES string of the molecule is CC(C)Cc1cnc2c(c1)c(-c1cnn(CCN3CCOCC3)c1)cn2S(=O)(=O)c1ccccc1. The number of hydrogen-bond donors (Lipinski definition) is 0. The molecule has 1 aliphatic heterocycles. The second-order valence-corrected chi connectivity index (χ2v) is 11.2. The zero-order chi connectivity index (χ0) is 24.4. The first-order chi connectivity index (χ1) is 16.9.